The lowest BCUT2D eigenvalue weighted by Crippen LogP contribution is -2.11. The number of fused-ring (bicyclic) bond motifs is 1. The maximum Gasteiger partial charge on any atom is 0.0303 e. The van der Waals surface area contributed by atoms with Gasteiger partial charge in [0, 0.05) is 6.04 Å². The summed E-state index contributed by atoms with van der Waals surface area (Å²) in [5, 5.41) is 2.68. The summed E-state index contributed by atoms with van der Waals surface area (Å²) in [6.07, 6.45) is 3.89. The summed E-state index contributed by atoms with van der Waals surface area (Å²) in [7, 11) is 0. The van der Waals surface area contributed by atoms with Crippen LogP contribution in [0, 0.1) is 12.8 Å². The summed E-state index contributed by atoms with van der Waals surface area (Å²) < 4.78 is 0. The molecule has 2 aromatic carbocycles. The number of benzene rings is 2. The molecule has 0 aliphatic heterocycles. The smallest absolute Gasteiger partial charge is 0.0303 e. The molecule has 18 heavy (non-hydrogen) atoms. The van der Waals surface area contributed by atoms with Crippen molar-refractivity contribution in [1.29, 1.82) is 0 Å². The van der Waals surface area contributed by atoms with E-state index in [9.17, 15) is 0 Å². The van der Waals surface area contributed by atoms with Crippen molar-refractivity contribution >= 4 is 23.2 Å². The highest BCUT2D eigenvalue weighted by Crippen LogP contribution is 2.38. The molecule has 0 bridgehead atoms. The molecule has 0 unspecified atom stereocenters. The predicted molar refractivity (Wildman–Crippen MR) is 80.2 cm³/mol. The fraction of sp³-hybridized carbons (Fsp3) is 0.375. The minimum atomic E-state index is 0. The predicted octanol–water partition coefficient (Wildman–Crippen LogP) is 4.37. The van der Waals surface area contributed by atoms with E-state index in [1.807, 2.05) is 0 Å². The maximum atomic E-state index is 6.35. The molecule has 0 amide bonds. The van der Waals surface area contributed by atoms with Gasteiger partial charge in [-0.1, -0.05) is 49.2 Å². The Labute approximate surface area is 115 Å². The number of halogens is 1. The number of hydrogen-bond donors (Lipinski definition) is 1. The summed E-state index contributed by atoms with van der Waals surface area (Å²) in [5.74, 6) is 0.880. The topological polar surface area (TPSA) is 26.0 Å². The van der Waals surface area contributed by atoms with E-state index in [4.69, 9.17) is 5.73 Å². The molecule has 3 rings (SSSR count). The van der Waals surface area contributed by atoms with E-state index in [-0.39, 0.29) is 18.4 Å². The van der Waals surface area contributed by atoms with E-state index >= 15 is 0 Å². The molecule has 2 N–H and O–H groups in total. The standard InChI is InChI=1S/C16H19N.ClH/c1-11-6-9-15(16(17)10-12-7-8-12)14-5-3-2-4-13(11)14;/h2-6,9,12,16H,7-8,10,17H2,1H3;1H/t16-;/m0./s1. The summed E-state index contributed by atoms with van der Waals surface area (Å²) >= 11 is 0. The molecule has 0 aromatic heterocycles. The number of nitrogens with two attached hydrogens (primary N) is 1. The van der Waals surface area contributed by atoms with Crippen molar-refractivity contribution in [2.24, 2.45) is 11.7 Å². The third-order valence-electron chi connectivity index (χ3n) is 3.86. The van der Waals surface area contributed by atoms with Crippen molar-refractivity contribution < 1.29 is 0 Å². The van der Waals surface area contributed by atoms with Crippen molar-refractivity contribution in [1.82, 2.24) is 0 Å². The molecule has 0 saturated heterocycles. The van der Waals surface area contributed by atoms with Crippen LogP contribution in [-0.2, 0) is 0 Å². The van der Waals surface area contributed by atoms with Crippen LogP contribution >= 0.6 is 12.4 Å². The summed E-state index contributed by atoms with van der Waals surface area (Å²) in [6, 6.07) is 13.2. The Bertz CT molecular complexity index is 546. The van der Waals surface area contributed by atoms with E-state index in [1.54, 1.807) is 0 Å². The minimum Gasteiger partial charge on any atom is -0.324 e. The van der Waals surface area contributed by atoms with E-state index in [0.29, 0.717) is 0 Å². The molecule has 96 valence electrons. The van der Waals surface area contributed by atoms with Crippen molar-refractivity contribution in [2.75, 3.05) is 0 Å². The van der Waals surface area contributed by atoms with Crippen LogP contribution in [0.4, 0.5) is 0 Å². The van der Waals surface area contributed by atoms with Gasteiger partial charge in [0.1, 0.15) is 0 Å². The highest BCUT2D eigenvalue weighted by atomic mass is 35.5. The monoisotopic (exact) mass is 261 g/mol. The van der Waals surface area contributed by atoms with Gasteiger partial charge in [0.05, 0.1) is 0 Å². The first-order chi connectivity index (χ1) is 8.25. The highest BCUT2D eigenvalue weighted by molar-refractivity contribution is 5.88. The van der Waals surface area contributed by atoms with E-state index in [0.717, 1.165) is 12.3 Å². The van der Waals surface area contributed by atoms with Gasteiger partial charge < -0.3 is 5.73 Å². The second-order valence-electron chi connectivity index (χ2n) is 5.30. The molecule has 1 saturated carbocycles. The largest absolute Gasteiger partial charge is 0.324 e. The van der Waals surface area contributed by atoms with Gasteiger partial charge in [-0.3, -0.25) is 0 Å². The summed E-state index contributed by atoms with van der Waals surface area (Å²) in [5.41, 5.74) is 9.01. The molecule has 1 aliphatic rings. The lowest BCUT2D eigenvalue weighted by molar-refractivity contribution is 0.600. The van der Waals surface area contributed by atoms with Crippen molar-refractivity contribution in [3.8, 4) is 0 Å². The Morgan fingerprint density at radius 2 is 1.78 bits per heavy atom. The van der Waals surface area contributed by atoms with Gasteiger partial charge >= 0.3 is 0 Å². The second-order valence-corrected chi connectivity index (χ2v) is 5.30. The van der Waals surface area contributed by atoms with Crippen molar-refractivity contribution in [3.63, 3.8) is 0 Å². The van der Waals surface area contributed by atoms with Gasteiger partial charge in [0.25, 0.3) is 0 Å². The number of hydrogen-bond acceptors (Lipinski definition) is 1. The van der Waals surface area contributed by atoms with Crippen molar-refractivity contribution in [2.45, 2.75) is 32.2 Å². The first-order valence-electron chi connectivity index (χ1n) is 6.49. The van der Waals surface area contributed by atoms with Gasteiger partial charge in [-0.2, -0.15) is 0 Å². The van der Waals surface area contributed by atoms with Gasteiger partial charge in [0.2, 0.25) is 0 Å². The highest BCUT2D eigenvalue weighted by Gasteiger charge is 2.25. The average Bonchev–Trinajstić information content (AvgIpc) is 3.14. The fourth-order valence-corrected chi connectivity index (χ4v) is 2.64. The molecular weight excluding hydrogens is 242 g/mol. The lowest BCUT2D eigenvalue weighted by atomic mass is 9.94. The molecule has 0 radical (unpaired) electrons. The van der Waals surface area contributed by atoms with Gasteiger partial charge in [0.15, 0.2) is 0 Å². The second kappa shape index (κ2) is 5.29. The third-order valence-corrected chi connectivity index (χ3v) is 3.86. The molecule has 0 heterocycles. The SMILES string of the molecule is Cc1ccc([C@@H](N)CC2CC2)c2ccccc12.Cl. The van der Waals surface area contributed by atoms with Crippen LogP contribution in [0.1, 0.15) is 36.4 Å². The molecule has 1 nitrogen and oxygen atoms in total. The molecule has 2 heteroatoms. The van der Waals surface area contributed by atoms with Gasteiger partial charge in [-0.25, -0.2) is 0 Å². The summed E-state index contributed by atoms with van der Waals surface area (Å²) in [6.45, 7) is 2.17. The van der Waals surface area contributed by atoms with Crippen LogP contribution in [0.25, 0.3) is 10.8 Å². The van der Waals surface area contributed by atoms with Crippen LogP contribution < -0.4 is 5.73 Å². The minimum absolute atomic E-state index is 0. The fourth-order valence-electron chi connectivity index (χ4n) is 2.64. The molecule has 1 aliphatic carbocycles. The lowest BCUT2D eigenvalue weighted by Gasteiger charge is -2.15. The van der Waals surface area contributed by atoms with E-state index in [2.05, 4.69) is 43.3 Å². The number of rotatable bonds is 3. The Morgan fingerprint density at radius 1 is 1.11 bits per heavy atom. The first kappa shape index (κ1) is 13.4. The van der Waals surface area contributed by atoms with E-state index in [1.165, 1.54) is 34.7 Å². The zero-order valence-corrected chi connectivity index (χ0v) is 11.5. The molecule has 1 atom stereocenters. The number of aryl methyl sites for hydroxylation is 1. The molecular formula is C16H20ClN. The van der Waals surface area contributed by atoms with Crippen LogP contribution in [-0.4, -0.2) is 0 Å². The first-order valence-corrected chi connectivity index (χ1v) is 6.49. The third kappa shape index (κ3) is 2.52. The average molecular weight is 262 g/mol. The van der Waals surface area contributed by atoms with Crippen LogP contribution in [0.15, 0.2) is 36.4 Å². The van der Waals surface area contributed by atoms with Crippen molar-refractivity contribution in [3.05, 3.63) is 47.5 Å². The van der Waals surface area contributed by atoms with Gasteiger partial charge in [-0.15, -0.1) is 12.4 Å². The molecule has 2 aromatic rings. The Balaban J connectivity index is 0.00000120. The molecule has 1 fully saturated rings. The Kier molecular flexibility index (Phi) is 3.94. The van der Waals surface area contributed by atoms with Crippen LogP contribution in [0.5, 0.6) is 0 Å². The van der Waals surface area contributed by atoms with Gasteiger partial charge in [-0.05, 0) is 41.2 Å². The van der Waals surface area contributed by atoms with Crippen LogP contribution in [0.3, 0.4) is 0 Å². The Morgan fingerprint density at radius 3 is 2.44 bits per heavy atom. The normalized spacial score (nSPS) is 16.3. The maximum absolute atomic E-state index is 6.35. The zero-order valence-electron chi connectivity index (χ0n) is 10.7. The summed E-state index contributed by atoms with van der Waals surface area (Å²) in [4.78, 5) is 0. The molecule has 0 spiro atoms. The van der Waals surface area contributed by atoms with E-state index < -0.39 is 0 Å². The zero-order chi connectivity index (χ0) is 11.8. The quantitative estimate of drug-likeness (QED) is 0.872. The Hall–Kier alpha value is -1.05. The van der Waals surface area contributed by atoms with Crippen LogP contribution in [0.2, 0.25) is 0 Å².